The molecule has 0 bridgehead atoms. The second kappa shape index (κ2) is 7.23. The van der Waals surface area contributed by atoms with Gasteiger partial charge < -0.3 is 14.0 Å². The maximum Gasteiger partial charge on any atom is 0.270 e. The lowest BCUT2D eigenvalue weighted by atomic mass is 10.2. The van der Waals surface area contributed by atoms with Crippen LogP contribution in [0.1, 0.15) is 10.5 Å². The van der Waals surface area contributed by atoms with Crippen LogP contribution in [0.4, 0.5) is 0 Å². The van der Waals surface area contributed by atoms with E-state index in [0.29, 0.717) is 30.4 Å². The van der Waals surface area contributed by atoms with E-state index in [1.165, 1.54) is 0 Å². The molecule has 0 N–H and O–H groups in total. The molecule has 0 radical (unpaired) electrons. The number of hydrogen-bond acceptors (Lipinski definition) is 3. The Morgan fingerprint density at radius 3 is 2.54 bits per heavy atom. The number of aryl methyl sites for hydroxylation is 1. The minimum atomic E-state index is 0.0170. The Bertz CT molecular complexity index is 775. The highest BCUT2D eigenvalue weighted by molar-refractivity contribution is 6.31. The van der Waals surface area contributed by atoms with Gasteiger partial charge in [-0.3, -0.25) is 14.5 Å². The minimum Gasteiger partial charge on any atom is -0.345 e. The summed E-state index contributed by atoms with van der Waals surface area (Å²) in [7, 11) is 1.83. The lowest BCUT2D eigenvalue weighted by Crippen LogP contribution is -2.49. The SMILES string of the molecule is Cn1cc(Cl)cc1C(=O)N1CCN(CCn2ccccc2=O)CC1. The van der Waals surface area contributed by atoms with Gasteiger partial charge >= 0.3 is 0 Å². The summed E-state index contributed by atoms with van der Waals surface area (Å²) in [6.45, 7) is 4.47. The summed E-state index contributed by atoms with van der Waals surface area (Å²) >= 11 is 5.96. The molecule has 2 aromatic rings. The summed E-state index contributed by atoms with van der Waals surface area (Å²) < 4.78 is 3.47. The molecule has 0 spiro atoms. The standard InChI is InChI=1S/C17H21ClN4O2/c1-19-13-14(18)12-15(19)17(24)22-10-7-20(8-11-22)6-9-21-5-3-2-4-16(21)23/h2-5,12-13H,6-11H2,1H3. The van der Waals surface area contributed by atoms with Gasteiger partial charge in [0, 0.05) is 64.8 Å². The van der Waals surface area contributed by atoms with Crippen molar-refractivity contribution in [1.82, 2.24) is 18.9 Å². The molecule has 3 heterocycles. The zero-order valence-corrected chi connectivity index (χ0v) is 14.4. The van der Waals surface area contributed by atoms with Gasteiger partial charge in [0.1, 0.15) is 5.69 Å². The fraction of sp³-hybridized carbons (Fsp3) is 0.412. The van der Waals surface area contributed by atoms with Gasteiger partial charge in [0.25, 0.3) is 11.5 Å². The van der Waals surface area contributed by atoms with Gasteiger partial charge in [-0.15, -0.1) is 0 Å². The third-order valence-corrected chi connectivity index (χ3v) is 4.61. The Kier molecular flexibility index (Phi) is 5.06. The monoisotopic (exact) mass is 348 g/mol. The van der Waals surface area contributed by atoms with E-state index in [1.54, 1.807) is 39.7 Å². The normalized spacial score (nSPS) is 15.7. The molecule has 0 aliphatic carbocycles. The molecule has 2 aromatic heterocycles. The Balaban J connectivity index is 1.52. The molecule has 1 amide bonds. The van der Waals surface area contributed by atoms with Gasteiger partial charge in [-0.1, -0.05) is 17.7 Å². The van der Waals surface area contributed by atoms with Gasteiger partial charge in [-0.05, 0) is 12.1 Å². The van der Waals surface area contributed by atoms with Crippen molar-refractivity contribution in [1.29, 1.82) is 0 Å². The predicted octanol–water partition coefficient (Wildman–Crippen LogP) is 1.30. The number of pyridine rings is 1. The molecule has 1 fully saturated rings. The van der Waals surface area contributed by atoms with Crippen molar-refractivity contribution in [3.8, 4) is 0 Å². The van der Waals surface area contributed by atoms with E-state index in [2.05, 4.69) is 4.90 Å². The summed E-state index contributed by atoms with van der Waals surface area (Å²) in [6, 6.07) is 6.89. The van der Waals surface area contributed by atoms with Crippen molar-refractivity contribution in [2.24, 2.45) is 7.05 Å². The molecule has 1 saturated heterocycles. The van der Waals surface area contributed by atoms with Gasteiger partial charge in [-0.25, -0.2) is 0 Å². The first-order valence-corrected chi connectivity index (χ1v) is 8.41. The quantitative estimate of drug-likeness (QED) is 0.837. The smallest absolute Gasteiger partial charge is 0.270 e. The van der Waals surface area contributed by atoms with E-state index in [9.17, 15) is 9.59 Å². The first-order chi connectivity index (χ1) is 11.5. The zero-order chi connectivity index (χ0) is 17.1. The highest BCUT2D eigenvalue weighted by Gasteiger charge is 2.23. The first kappa shape index (κ1) is 16.8. The van der Waals surface area contributed by atoms with Crippen LogP contribution in [0.3, 0.4) is 0 Å². The molecular formula is C17H21ClN4O2. The molecular weight excluding hydrogens is 328 g/mol. The number of carbonyl (C=O) groups is 1. The van der Waals surface area contributed by atoms with Crippen LogP contribution in [0.15, 0.2) is 41.5 Å². The van der Waals surface area contributed by atoms with Gasteiger partial charge in [0.15, 0.2) is 0 Å². The lowest BCUT2D eigenvalue weighted by Gasteiger charge is -2.34. The summed E-state index contributed by atoms with van der Waals surface area (Å²) in [4.78, 5) is 28.4. The van der Waals surface area contributed by atoms with Crippen molar-refractivity contribution in [2.75, 3.05) is 32.7 Å². The van der Waals surface area contributed by atoms with Crippen LogP contribution >= 0.6 is 11.6 Å². The van der Waals surface area contributed by atoms with Crippen LogP contribution in [0.25, 0.3) is 0 Å². The maximum absolute atomic E-state index is 12.5. The molecule has 0 unspecified atom stereocenters. The molecule has 3 rings (SSSR count). The average Bonchev–Trinajstić information content (AvgIpc) is 2.92. The molecule has 0 atom stereocenters. The highest BCUT2D eigenvalue weighted by Crippen LogP contribution is 2.15. The molecule has 0 saturated carbocycles. The third-order valence-electron chi connectivity index (χ3n) is 4.41. The topological polar surface area (TPSA) is 50.5 Å². The van der Waals surface area contributed by atoms with Gasteiger partial charge in [0.05, 0.1) is 5.02 Å². The molecule has 24 heavy (non-hydrogen) atoms. The van der Waals surface area contributed by atoms with Crippen LogP contribution in [0.5, 0.6) is 0 Å². The maximum atomic E-state index is 12.5. The zero-order valence-electron chi connectivity index (χ0n) is 13.7. The Hall–Kier alpha value is -2.05. The predicted molar refractivity (Wildman–Crippen MR) is 93.5 cm³/mol. The summed E-state index contributed by atoms with van der Waals surface area (Å²) in [5, 5.41) is 0.577. The van der Waals surface area contributed by atoms with E-state index in [0.717, 1.165) is 19.6 Å². The number of nitrogens with zero attached hydrogens (tertiary/aromatic N) is 4. The van der Waals surface area contributed by atoms with Crippen molar-refractivity contribution in [3.63, 3.8) is 0 Å². The number of hydrogen-bond donors (Lipinski definition) is 0. The van der Waals surface area contributed by atoms with E-state index < -0.39 is 0 Å². The van der Waals surface area contributed by atoms with Crippen molar-refractivity contribution >= 4 is 17.5 Å². The van der Waals surface area contributed by atoms with Crippen LogP contribution < -0.4 is 5.56 Å². The Morgan fingerprint density at radius 2 is 1.92 bits per heavy atom. The van der Waals surface area contributed by atoms with E-state index in [-0.39, 0.29) is 11.5 Å². The van der Waals surface area contributed by atoms with Crippen LogP contribution in [0.2, 0.25) is 5.02 Å². The number of aromatic nitrogens is 2. The van der Waals surface area contributed by atoms with E-state index in [1.807, 2.05) is 18.0 Å². The van der Waals surface area contributed by atoms with Gasteiger partial charge in [-0.2, -0.15) is 0 Å². The van der Waals surface area contributed by atoms with Crippen molar-refractivity contribution in [3.05, 3.63) is 57.7 Å². The average molecular weight is 349 g/mol. The number of carbonyl (C=O) groups excluding carboxylic acids is 1. The van der Waals surface area contributed by atoms with Crippen molar-refractivity contribution < 1.29 is 4.79 Å². The van der Waals surface area contributed by atoms with Crippen LogP contribution in [-0.2, 0) is 13.6 Å². The van der Waals surface area contributed by atoms with Crippen LogP contribution in [0, 0.1) is 0 Å². The third kappa shape index (κ3) is 3.71. The van der Waals surface area contributed by atoms with E-state index in [4.69, 9.17) is 11.6 Å². The fourth-order valence-corrected chi connectivity index (χ4v) is 3.22. The van der Waals surface area contributed by atoms with Crippen molar-refractivity contribution in [2.45, 2.75) is 6.54 Å². The molecule has 0 aromatic carbocycles. The highest BCUT2D eigenvalue weighted by atomic mass is 35.5. The number of piperazine rings is 1. The lowest BCUT2D eigenvalue weighted by molar-refractivity contribution is 0.0623. The summed E-state index contributed by atoms with van der Waals surface area (Å²) in [6.07, 6.45) is 3.55. The fourth-order valence-electron chi connectivity index (χ4n) is 2.97. The Morgan fingerprint density at radius 1 is 1.17 bits per heavy atom. The summed E-state index contributed by atoms with van der Waals surface area (Å²) in [5.41, 5.74) is 0.635. The molecule has 1 aliphatic heterocycles. The van der Waals surface area contributed by atoms with Gasteiger partial charge in [0.2, 0.25) is 0 Å². The largest absolute Gasteiger partial charge is 0.345 e. The van der Waals surface area contributed by atoms with Crippen LogP contribution in [-0.4, -0.2) is 57.6 Å². The Labute approximate surface area is 145 Å². The molecule has 7 heteroatoms. The molecule has 1 aliphatic rings. The van der Waals surface area contributed by atoms with E-state index >= 15 is 0 Å². The number of rotatable bonds is 4. The second-order valence-corrected chi connectivity index (χ2v) is 6.46. The summed E-state index contributed by atoms with van der Waals surface area (Å²) in [5.74, 6) is 0.0170. The second-order valence-electron chi connectivity index (χ2n) is 6.02. The number of amides is 1. The molecule has 6 nitrogen and oxygen atoms in total. The number of halogens is 1. The molecule has 128 valence electrons. The first-order valence-electron chi connectivity index (χ1n) is 8.03. The minimum absolute atomic E-state index is 0.0170.